The highest BCUT2D eigenvalue weighted by Gasteiger charge is 2.59. The maximum Gasteiger partial charge on any atom is 0.400 e. The lowest BCUT2D eigenvalue weighted by Crippen LogP contribution is -2.50. The van der Waals surface area contributed by atoms with Crippen LogP contribution in [0.3, 0.4) is 0 Å². The number of alkyl halides is 4. The molecule has 2 aromatic heterocycles. The molecule has 206 valence electrons. The van der Waals surface area contributed by atoms with Gasteiger partial charge in [0, 0.05) is 50.7 Å². The number of hydrogen-bond acceptors (Lipinski definition) is 6. The van der Waals surface area contributed by atoms with Crippen LogP contribution in [-0.2, 0) is 7.05 Å². The van der Waals surface area contributed by atoms with E-state index in [2.05, 4.69) is 20.4 Å². The molecule has 0 bridgehead atoms. The molecule has 1 aliphatic carbocycles. The first-order chi connectivity index (χ1) is 18.4. The Kier molecular flexibility index (Phi) is 6.43. The average molecular weight is 550 g/mol. The number of rotatable bonds is 3. The number of allylic oxidation sites excluding steroid dienone is 4. The van der Waals surface area contributed by atoms with Crippen LogP contribution in [0.15, 0.2) is 54.2 Å². The Bertz CT molecular complexity index is 1480. The quantitative estimate of drug-likeness (QED) is 0.457. The number of aliphatic hydroxyl groups is 1. The van der Waals surface area contributed by atoms with E-state index in [1.54, 1.807) is 17.0 Å². The van der Waals surface area contributed by atoms with Crippen LogP contribution in [-0.4, -0.2) is 74.3 Å². The van der Waals surface area contributed by atoms with Crippen molar-refractivity contribution in [3.63, 3.8) is 0 Å². The second-order valence-corrected chi connectivity index (χ2v) is 9.55. The molecule has 1 aliphatic heterocycles. The van der Waals surface area contributed by atoms with Crippen LogP contribution in [0.4, 0.5) is 38.4 Å². The zero-order valence-electron chi connectivity index (χ0n) is 20.9. The predicted molar refractivity (Wildman–Crippen MR) is 133 cm³/mol. The zero-order chi connectivity index (χ0) is 28.1. The number of fused-ring (bicyclic) bond motifs is 1. The molecular formula is C25H24F5N7O2. The molecule has 2 aliphatic rings. The van der Waals surface area contributed by atoms with Crippen molar-refractivity contribution in [2.24, 2.45) is 12.5 Å². The number of piperazine rings is 1. The molecule has 2 amide bonds. The Morgan fingerprint density at radius 3 is 2.46 bits per heavy atom. The summed E-state index contributed by atoms with van der Waals surface area (Å²) in [4.78, 5) is 24.8. The van der Waals surface area contributed by atoms with Crippen LogP contribution < -0.4 is 10.2 Å². The molecule has 1 aromatic carbocycles. The van der Waals surface area contributed by atoms with Gasteiger partial charge in [-0.15, -0.1) is 0 Å². The summed E-state index contributed by atoms with van der Waals surface area (Å²) in [7, 11) is 1.47. The van der Waals surface area contributed by atoms with E-state index < -0.39 is 34.9 Å². The molecule has 0 spiro atoms. The Balaban J connectivity index is 1.39. The van der Waals surface area contributed by atoms with Crippen LogP contribution in [0.5, 0.6) is 0 Å². The Labute approximate surface area is 219 Å². The fraction of sp³-hybridized carbons (Fsp3) is 0.360. The number of halogens is 5. The van der Waals surface area contributed by atoms with Gasteiger partial charge in [-0.1, -0.05) is 24.3 Å². The number of urea groups is 1. The molecule has 3 aromatic rings. The van der Waals surface area contributed by atoms with Crippen molar-refractivity contribution in [3.05, 3.63) is 59.9 Å². The summed E-state index contributed by atoms with van der Waals surface area (Å²) >= 11 is 0. The summed E-state index contributed by atoms with van der Waals surface area (Å²) in [6.45, 7) is 2.14. The molecule has 3 heterocycles. The maximum atomic E-state index is 14.9. The number of anilines is 2. The van der Waals surface area contributed by atoms with Crippen molar-refractivity contribution in [3.8, 4) is 0 Å². The fourth-order valence-electron chi connectivity index (χ4n) is 4.58. The van der Waals surface area contributed by atoms with Crippen LogP contribution in [0.25, 0.3) is 16.6 Å². The molecule has 1 saturated heterocycles. The van der Waals surface area contributed by atoms with Crippen molar-refractivity contribution >= 4 is 34.3 Å². The number of nitrogens with zero attached hydrogens (tertiary/aromatic N) is 6. The third-order valence-electron chi connectivity index (χ3n) is 6.98. The number of nitrogens with one attached hydrogen (secondary N) is 1. The zero-order valence-corrected chi connectivity index (χ0v) is 20.9. The third kappa shape index (κ3) is 4.53. The molecule has 5 rings (SSSR count). The lowest BCUT2D eigenvalue weighted by molar-refractivity contribution is -0.218. The van der Waals surface area contributed by atoms with Gasteiger partial charge >= 0.3 is 12.2 Å². The first kappa shape index (κ1) is 26.4. The van der Waals surface area contributed by atoms with Gasteiger partial charge in [-0.25, -0.2) is 23.2 Å². The summed E-state index contributed by atoms with van der Waals surface area (Å²) in [5, 5.41) is 17.0. The number of benzene rings is 1. The van der Waals surface area contributed by atoms with E-state index in [0.29, 0.717) is 50.8 Å². The smallest absolute Gasteiger partial charge is 0.400 e. The van der Waals surface area contributed by atoms with Gasteiger partial charge in [-0.2, -0.15) is 23.3 Å². The Hall–Kier alpha value is -4.23. The number of aliphatic hydroxyl groups excluding tert-OH is 1. The van der Waals surface area contributed by atoms with Crippen molar-refractivity contribution in [2.45, 2.75) is 19.3 Å². The molecule has 9 nitrogen and oxygen atoms in total. The monoisotopic (exact) mass is 549 g/mol. The van der Waals surface area contributed by atoms with E-state index in [9.17, 15) is 31.9 Å². The van der Waals surface area contributed by atoms with Gasteiger partial charge in [0.15, 0.2) is 23.4 Å². The Morgan fingerprint density at radius 1 is 1.15 bits per heavy atom. The van der Waals surface area contributed by atoms with Gasteiger partial charge in [0.2, 0.25) is 5.95 Å². The summed E-state index contributed by atoms with van der Waals surface area (Å²) in [5.74, 6) is -2.88. The highest BCUT2D eigenvalue weighted by Crippen LogP contribution is 2.51. The van der Waals surface area contributed by atoms with E-state index in [-0.39, 0.29) is 22.8 Å². The summed E-state index contributed by atoms with van der Waals surface area (Å²) < 4.78 is 71.7. The maximum absolute atomic E-state index is 14.9. The SMILES string of the molecule is Cn1nc(C2=CC(C)(C(F)(F)F)C(F)C(O)=C2F)c2cnc(N3CCN(C(=O)Nc4ccccc4)CC3)nc21. The van der Waals surface area contributed by atoms with E-state index in [0.717, 1.165) is 0 Å². The number of amides is 2. The summed E-state index contributed by atoms with van der Waals surface area (Å²) in [6, 6.07) is 8.80. The molecule has 2 atom stereocenters. The number of aromatic nitrogens is 4. The average Bonchev–Trinajstić information content (AvgIpc) is 3.25. The molecule has 0 radical (unpaired) electrons. The van der Waals surface area contributed by atoms with E-state index in [4.69, 9.17) is 0 Å². The molecule has 0 saturated carbocycles. The van der Waals surface area contributed by atoms with Gasteiger partial charge < -0.3 is 20.2 Å². The molecule has 2 unspecified atom stereocenters. The van der Waals surface area contributed by atoms with Gasteiger partial charge in [-0.3, -0.25) is 0 Å². The first-order valence-electron chi connectivity index (χ1n) is 12.0. The number of aryl methyl sites for hydroxylation is 1. The molecule has 2 N–H and O–H groups in total. The molecule has 39 heavy (non-hydrogen) atoms. The first-order valence-corrected chi connectivity index (χ1v) is 12.0. The number of carbonyl (C=O) groups is 1. The topological polar surface area (TPSA) is 99.4 Å². The van der Waals surface area contributed by atoms with Crippen molar-refractivity contribution in [1.29, 1.82) is 0 Å². The van der Waals surface area contributed by atoms with Gasteiger partial charge in [0.1, 0.15) is 11.1 Å². The van der Waals surface area contributed by atoms with E-state index in [1.165, 1.54) is 17.9 Å². The fourth-order valence-corrected chi connectivity index (χ4v) is 4.58. The number of carbonyl (C=O) groups excluding carboxylic acids is 1. The number of hydrogen-bond donors (Lipinski definition) is 2. The second-order valence-electron chi connectivity index (χ2n) is 9.55. The van der Waals surface area contributed by atoms with Crippen LogP contribution in [0.2, 0.25) is 0 Å². The van der Waals surface area contributed by atoms with E-state index in [1.807, 2.05) is 23.1 Å². The van der Waals surface area contributed by atoms with Crippen LogP contribution in [0, 0.1) is 5.41 Å². The van der Waals surface area contributed by atoms with E-state index >= 15 is 0 Å². The summed E-state index contributed by atoms with van der Waals surface area (Å²) in [5.41, 5.74) is -3.24. The highest BCUT2D eigenvalue weighted by molar-refractivity contribution is 5.93. The standard InChI is InChI=1S/C25H24F5N7O2/c1-24(25(28,29)30)12-15(17(26)19(38)20(24)27)18-16-13-31-22(33-21(16)35(2)34-18)36-8-10-37(11-9-36)23(39)32-14-6-4-3-5-7-14/h3-7,12-13,20,38H,8-11H2,1-2H3,(H,32,39). The van der Waals surface area contributed by atoms with Crippen molar-refractivity contribution in [2.75, 3.05) is 36.4 Å². The normalized spacial score (nSPS) is 22.3. The molecular weight excluding hydrogens is 525 g/mol. The lowest BCUT2D eigenvalue weighted by Gasteiger charge is -2.35. The van der Waals surface area contributed by atoms with Gasteiger partial charge in [-0.05, 0) is 19.1 Å². The highest BCUT2D eigenvalue weighted by atomic mass is 19.4. The van der Waals surface area contributed by atoms with Crippen molar-refractivity contribution < 1.29 is 31.9 Å². The number of para-hydroxylation sites is 1. The summed E-state index contributed by atoms with van der Waals surface area (Å²) in [6.07, 6.45) is -6.41. The van der Waals surface area contributed by atoms with Gasteiger partial charge in [0.25, 0.3) is 0 Å². The minimum Gasteiger partial charge on any atom is -0.506 e. The van der Waals surface area contributed by atoms with Crippen LogP contribution >= 0.6 is 0 Å². The lowest BCUT2D eigenvalue weighted by atomic mass is 9.77. The van der Waals surface area contributed by atoms with Crippen molar-refractivity contribution in [1.82, 2.24) is 24.6 Å². The minimum absolute atomic E-state index is 0.123. The van der Waals surface area contributed by atoms with Crippen LogP contribution in [0.1, 0.15) is 12.6 Å². The Morgan fingerprint density at radius 2 is 1.82 bits per heavy atom. The van der Waals surface area contributed by atoms with Gasteiger partial charge in [0.05, 0.1) is 5.39 Å². The minimum atomic E-state index is -5.11. The second kappa shape index (κ2) is 9.50. The molecule has 14 heteroatoms. The third-order valence-corrected chi connectivity index (χ3v) is 6.98. The molecule has 1 fully saturated rings. The predicted octanol–water partition coefficient (Wildman–Crippen LogP) is 4.76. The largest absolute Gasteiger partial charge is 0.506 e.